The molecular weight excluding hydrogens is 188 g/mol. The summed E-state index contributed by atoms with van der Waals surface area (Å²) >= 11 is 0. The van der Waals surface area contributed by atoms with E-state index in [1.165, 1.54) is 5.56 Å². The van der Waals surface area contributed by atoms with Gasteiger partial charge in [0, 0.05) is 18.7 Å². The van der Waals surface area contributed by atoms with Crippen LogP contribution < -0.4 is 0 Å². The molecule has 1 aliphatic heterocycles. The highest BCUT2D eigenvalue weighted by Crippen LogP contribution is 2.26. The van der Waals surface area contributed by atoms with Crippen LogP contribution in [0.2, 0.25) is 0 Å². The van der Waals surface area contributed by atoms with Crippen LogP contribution in [0.5, 0.6) is 0 Å². The molecule has 1 aromatic carbocycles. The Labute approximate surface area is 90.3 Å². The summed E-state index contributed by atoms with van der Waals surface area (Å²) in [5.41, 5.74) is 1.99. The van der Waals surface area contributed by atoms with Crippen LogP contribution in [0.4, 0.5) is 0 Å². The molecule has 0 unspecified atom stereocenters. The van der Waals surface area contributed by atoms with Gasteiger partial charge in [-0.2, -0.15) is 0 Å². The summed E-state index contributed by atoms with van der Waals surface area (Å²) in [6.45, 7) is 2.19. The predicted molar refractivity (Wildman–Crippen MR) is 59.8 cm³/mol. The average molecular weight is 204 g/mol. The number of aldehydes is 1. The lowest BCUT2D eigenvalue weighted by atomic mass is 10.1. The number of nitrogens with zero attached hydrogens (tertiary/aromatic N) is 2. The number of likely N-dealkylation sites (N-methyl/N-ethyl adjacent to an activating group) is 2. The average Bonchev–Trinajstić information content (AvgIpc) is 2.59. The monoisotopic (exact) mass is 204 g/mol. The quantitative estimate of drug-likeness (QED) is 0.680. The minimum atomic E-state index is 0.353. The fourth-order valence-corrected chi connectivity index (χ4v) is 2.15. The molecule has 80 valence electrons. The Balaban J connectivity index is 2.24. The first-order valence-electron chi connectivity index (χ1n) is 5.18. The van der Waals surface area contributed by atoms with Crippen molar-refractivity contribution < 1.29 is 4.79 Å². The summed E-state index contributed by atoms with van der Waals surface area (Å²) in [7, 11) is 4.25. The van der Waals surface area contributed by atoms with Crippen LogP contribution in [0.3, 0.4) is 0 Å². The van der Waals surface area contributed by atoms with Gasteiger partial charge >= 0.3 is 0 Å². The highest BCUT2D eigenvalue weighted by atomic mass is 16.1. The normalized spacial score (nSPS) is 19.6. The maximum Gasteiger partial charge on any atom is 0.150 e. The number of hydrogen-bond donors (Lipinski definition) is 0. The van der Waals surface area contributed by atoms with Crippen molar-refractivity contribution in [1.82, 2.24) is 9.80 Å². The molecule has 0 spiro atoms. The summed E-state index contributed by atoms with van der Waals surface area (Å²) in [6, 6.07) is 7.82. The molecule has 0 amide bonds. The van der Waals surface area contributed by atoms with Crippen molar-refractivity contribution in [3.8, 4) is 0 Å². The van der Waals surface area contributed by atoms with Gasteiger partial charge in [-0.1, -0.05) is 24.3 Å². The minimum absolute atomic E-state index is 0.353. The van der Waals surface area contributed by atoms with Gasteiger partial charge in [-0.25, -0.2) is 0 Å². The third-order valence-corrected chi connectivity index (χ3v) is 3.01. The second-order valence-electron chi connectivity index (χ2n) is 4.12. The second-order valence-corrected chi connectivity index (χ2v) is 4.12. The van der Waals surface area contributed by atoms with Crippen molar-refractivity contribution >= 4 is 6.29 Å². The van der Waals surface area contributed by atoms with Gasteiger partial charge in [-0.15, -0.1) is 0 Å². The Kier molecular flexibility index (Phi) is 2.84. The molecule has 1 saturated heterocycles. The first-order valence-corrected chi connectivity index (χ1v) is 5.18. The molecule has 15 heavy (non-hydrogen) atoms. The smallest absolute Gasteiger partial charge is 0.150 e. The van der Waals surface area contributed by atoms with Crippen molar-refractivity contribution in [2.24, 2.45) is 0 Å². The number of carbonyl (C=O) groups excluding carboxylic acids is 1. The van der Waals surface area contributed by atoms with E-state index >= 15 is 0 Å². The highest BCUT2D eigenvalue weighted by Gasteiger charge is 2.27. The molecule has 0 N–H and O–H groups in total. The fourth-order valence-electron chi connectivity index (χ4n) is 2.15. The van der Waals surface area contributed by atoms with Gasteiger partial charge in [0.05, 0.1) is 6.17 Å². The van der Waals surface area contributed by atoms with Crippen molar-refractivity contribution in [2.45, 2.75) is 6.17 Å². The Bertz CT molecular complexity index is 337. The van der Waals surface area contributed by atoms with Crippen molar-refractivity contribution in [3.05, 3.63) is 35.4 Å². The lowest BCUT2D eigenvalue weighted by molar-refractivity contribution is 0.112. The molecular formula is C12H16N2O. The Morgan fingerprint density at radius 2 is 1.67 bits per heavy atom. The SMILES string of the molecule is CN1CCN(C)C1c1ccc(C=O)cc1. The maximum absolute atomic E-state index is 10.5. The van der Waals surface area contributed by atoms with Gasteiger partial charge in [0.1, 0.15) is 6.29 Å². The summed E-state index contributed by atoms with van der Waals surface area (Å²) in [5.74, 6) is 0. The minimum Gasteiger partial charge on any atom is -0.298 e. The topological polar surface area (TPSA) is 23.6 Å². The van der Waals surface area contributed by atoms with Gasteiger partial charge < -0.3 is 0 Å². The molecule has 0 saturated carbocycles. The third kappa shape index (κ3) is 1.94. The predicted octanol–water partition coefficient (Wildman–Crippen LogP) is 1.37. The zero-order valence-corrected chi connectivity index (χ0v) is 9.18. The summed E-state index contributed by atoms with van der Waals surface area (Å²) in [6.07, 6.45) is 1.23. The molecule has 1 fully saturated rings. The van der Waals surface area contributed by atoms with E-state index in [1.54, 1.807) is 0 Å². The van der Waals surface area contributed by atoms with E-state index in [9.17, 15) is 4.79 Å². The lowest BCUT2D eigenvalue weighted by Gasteiger charge is -2.25. The Morgan fingerprint density at radius 1 is 1.13 bits per heavy atom. The summed E-state index contributed by atoms with van der Waals surface area (Å²) in [5, 5.41) is 0. The molecule has 0 aliphatic carbocycles. The van der Waals surface area contributed by atoms with Gasteiger partial charge in [0.15, 0.2) is 0 Å². The van der Waals surface area contributed by atoms with E-state index in [4.69, 9.17) is 0 Å². The van der Waals surface area contributed by atoms with Crippen LogP contribution in [0.25, 0.3) is 0 Å². The van der Waals surface area contributed by atoms with Crippen LogP contribution in [0.1, 0.15) is 22.1 Å². The first kappa shape index (κ1) is 10.3. The van der Waals surface area contributed by atoms with Crippen molar-refractivity contribution in [1.29, 1.82) is 0 Å². The van der Waals surface area contributed by atoms with E-state index in [-0.39, 0.29) is 0 Å². The molecule has 1 aromatic rings. The van der Waals surface area contributed by atoms with Crippen LogP contribution >= 0.6 is 0 Å². The van der Waals surface area contributed by atoms with Gasteiger partial charge in [0.2, 0.25) is 0 Å². The number of benzene rings is 1. The second kappa shape index (κ2) is 4.13. The fraction of sp³-hybridized carbons (Fsp3) is 0.417. The highest BCUT2D eigenvalue weighted by molar-refractivity contribution is 5.74. The van der Waals surface area contributed by atoms with Crippen molar-refractivity contribution in [3.63, 3.8) is 0 Å². The van der Waals surface area contributed by atoms with E-state index in [0.717, 1.165) is 24.9 Å². The number of rotatable bonds is 2. The van der Waals surface area contributed by atoms with Crippen LogP contribution in [0, 0.1) is 0 Å². The standard InChI is InChI=1S/C12H16N2O/c1-13-7-8-14(2)12(13)11-5-3-10(9-15)4-6-11/h3-6,9,12H,7-8H2,1-2H3. The summed E-state index contributed by atoms with van der Waals surface area (Å²) < 4.78 is 0. The van der Waals surface area contributed by atoms with Crippen LogP contribution in [-0.4, -0.2) is 43.3 Å². The zero-order chi connectivity index (χ0) is 10.8. The van der Waals surface area contributed by atoms with Gasteiger partial charge in [0.25, 0.3) is 0 Å². The van der Waals surface area contributed by atoms with Gasteiger partial charge in [-0.3, -0.25) is 14.6 Å². The molecule has 3 heteroatoms. The van der Waals surface area contributed by atoms with Crippen LogP contribution in [0.15, 0.2) is 24.3 Å². The molecule has 1 aliphatic rings. The maximum atomic E-state index is 10.5. The van der Waals surface area contributed by atoms with Crippen molar-refractivity contribution in [2.75, 3.05) is 27.2 Å². The third-order valence-electron chi connectivity index (χ3n) is 3.01. The van der Waals surface area contributed by atoms with E-state index in [0.29, 0.717) is 6.17 Å². The molecule has 0 radical (unpaired) electrons. The molecule has 1 heterocycles. The first-order chi connectivity index (χ1) is 7.22. The number of hydrogen-bond acceptors (Lipinski definition) is 3. The van der Waals surface area contributed by atoms with E-state index in [2.05, 4.69) is 23.9 Å². The Morgan fingerprint density at radius 3 is 2.13 bits per heavy atom. The molecule has 2 rings (SSSR count). The van der Waals surface area contributed by atoms with E-state index in [1.807, 2.05) is 24.3 Å². The largest absolute Gasteiger partial charge is 0.298 e. The van der Waals surface area contributed by atoms with E-state index < -0.39 is 0 Å². The molecule has 3 nitrogen and oxygen atoms in total. The Hall–Kier alpha value is -1.19. The number of carbonyl (C=O) groups is 1. The molecule has 0 bridgehead atoms. The zero-order valence-electron chi connectivity index (χ0n) is 9.18. The summed E-state index contributed by atoms with van der Waals surface area (Å²) in [4.78, 5) is 15.2. The molecule has 0 aromatic heterocycles. The lowest BCUT2D eigenvalue weighted by Crippen LogP contribution is -2.25. The van der Waals surface area contributed by atoms with Crippen LogP contribution in [-0.2, 0) is 0 Å². The molecule has 0 atom stereocenters. The van der Waals surface area contributed by atoms with Gasteiger partial charge in [-0.05, 0) is 19.7 Å².